The molecule has 0 heterocycles. The number of hydrogen-bond donors (Lipinski definition) is 3. The van der Waals surface area contributed by atoms with Crippen LogP contribution in [-0.2, 0) is 4.79 Å². The Balaban J connectivity index is 1.67. The van der Waals surface area contributed by atoms with Gasteiger partial charge in [0.15, 0.2) is 5.78 Å². The van der Waals surface area contributed by atoms with Crippen molar-refractivity contribution in [3.05, 3.63) is 11.6 Å². The Bertz CT molecular complexity index is 613. The molecule has 4 nitrogen and oxygen atoms in total. The Morgan fingerprint density at radius 1 is 1.12 bits per heavy atom. The van der Waals surface area contributed by atoms with Gasteiger partial charge in [0.2, 0.25) is 0 Å². The van der Waals surface area contributed by atoms with Crippen molar-refractivity contribution in [1.82, 2.24) is 0 Å². The van der Waals surface area contributed by atoms with E-state index in [0.29, 0.717) is 30.6 Å². The minimum absolute atomic E-state index is 0.133. The summed E-state index contributed by atoms with van der Waals surface area (Å²) in [4.78, 5) is 11.9. The van der Waals surface area contributed by atoms with Gasteiger partial charge in [0.1, 0.15) is 6.10 Å². The van der Waals surface area contributed by atoms with Crippen LogP contribution in [0.1, 0.15) is 65.2 Å². The SMILES string of the molecule is C[C@]12CCC(=O)C=C1CC[C@H]1[C@H]2CC[C@]2(C)[C@@H]1CC[C@@]2(O)[C@H](O)CO. The molecular formula is C21H32O4. The molecule has 25 heavy (non-hydrogen) atoms. The van der Waals surface area contributed by atoms with Gasteiger partial charge in [-0.05, 0) is 74.2 Å². The molecule has 0 aromatic carbocycles. The van der Waals surface area contributed by atoms with Crippen LogP contribution >= 0.6 is 0 Å². The molecule has 4 aliphatic carbocycles. The van der Waals surface area contributed by atoms with Crippen LogP contribution in [0.5, 0.6) is 0 Å². The Morgan fingerprint density at radius 2 is 1.84 bits per heavy atom. The maximum atomic E-state index is 11.9. The maximum absolute atomic E-state index is 11.9. The number of aliphatic hydroxyl groups is 3. The van der Waals surface area contributed by atoms with Crippen molar-refractivity contribution in [2.24, 2.45) is 28.6 Å². The van der Waals surface area contributed by atoms with Crippen molar-refractivity contribution < 1.29 is 20.1 Å². The van der Waals surface area contributed by atoms with E-state index in [-0.39, 0.29) is 23.2 Å². The van der Waals surface area contributed by atoms with E-state index in [1.54, 1.807) is 0 Å². The van der Waals surface area contributed by atoms with E-state index in [4.69, 9.17) is 0 Å². The molecule has 0 amide bonds. The average molecular weight is 348 g/mol. The largest absolute Gasteiger partial charge is 0.394 e. The van der Waals surface area contributed by atoms with Crippen LogP contribution in [0.3, 0.4) is 0 Å². The minimum Gasteiger partial charge on any atom is -0.394 e. The lowest BCUT2D eigenvalue weighted by atomic mass is 9.46. The fourth-order valence-electron chi connectivity index (χ4n) is 7.31. The van der Waals surface area contributed by atoms with Gasteiger partial charge >= 0.3 is 0 Å². The van der Waals surface area contributed by atoms with E-state index in [1.807, 2.05) is 6.08 Å². The number of carbonyl (C=O) groups excluding carboxylic acids is 1. The van der Waals surface area contributed by atoms with Gasteiger partial charge in [-0.2, -0.15) is 0 Å². The number of ketones is 1. The summed E-state index contributed by atoms with van der Waals surface area (Å²) < 4.78 is 0. The number of allylic oxidation sites excluding steroid dienone is 1. The van der Waals surface area contributed by atoms with E-state index < -0.39 is 11.7 Å². The van der Waals surface area contributed by atoms with Crippen LogP contribution < -0.4 is 0 Å². The van der Waals surface area contributed by atoms with Crippen molar-refractivity contribution in [1.29, 1.82) is 0 Å². The smallest absolute Gasteiger partial charge is 0.155 e. The highest BCUT2D eigenvalue weighted by Crippen LogP contribution is 2.67. The lowest BCUT2D eigenvalue weighted by Crippen LogP contribution is -2.59. The molecule has 0 radical (unpaired) electrons. The number of aliphatic hydroxyl groups excluding tert-OH is 2. The summed E-state index contributed by atoms with van der Waals surface area (Å²) in [6.07, 6.45) is 8.03. The van der Waals surface area contributed by atoms with Crippen molar-refractivity contribution >= 4 is 5.78 Å². The second kappa shape index (κ2) is 5.64. The Morgan fingerprint density at radius 3 is 2.56 bits per heavy atom. The fraction of sp³-hybridized carbons (Fsp3) is 0.857. The van der Waals surface area contributed by atoms with Gasteiger partial charge in [-0.25, -0.2) is 0 Å². The first-order chi connectivity index (χ1) is 11.8. The molecule has 3 saturated carbocycles. The Labute approximate surface area is 150 Å². The molecule has 0 saturated heterocycles. The number of fused-ring (bicyclic) bond motifs is 5. The van der Waals surface area contributed by atoms with E-state index in [1.165, 1.54) is 5.57 Å². The second-order valence-corrected chi connectivity index (χ2v) is 9.59. The molecule has 4 rings (SSSR count). The van der Waals surface area contributed by atoms with Gasteiger partial charge in [0.05, 0.1) is 12.2 Å². The Kier molecular flexibility index (Phi) is 3.99. The van der Waals surface area contributed by atoms with Crippen molar-refractivity contribution in [3.63, 3.8) is 0 Å². The number of rotatable bonds is 2. The molecule has 0 bridgehead atoms. The van der Waals surface area contributed by atoms with Crippen LogP contribution in [0, 0.1) is 28.6 Å². The van der Waals surface area contributed by atoms with Gasteiger partial charge in [-0.1, -0.05) is 19.4 Å². The van der Waals surface area contributed by atoms with Crippen LogP contribution in [0.15, 0.2) is 11.6 Å². The second-order valence-electron chi connectivity index (χ2n) is 9.59. The zero-order valence-electron chi connectivity index (χ0n) is 15.5. The summed E-state index contributed by atoms with van der Waals surface area (Å²) >= 11 is 0. The lowest BCUT2D eigenvalue weighted by molar-refractivity contribution is -0.184. The average Bonchev–Trinajstić information content (AvgIpc) is 2.87. The highest BCUT2D eigenvalue weighted by molar-refractivity contribution is 5.91. The number of carbonyl (C=O) groups is 1. The standard InChI is InChI=1S/C21H32O4/c1-19-8-5-14(23)11-13(19)3-4-15-16(19)6-9-20(2)17(15)7-10-21(20,25)18(24)12-22/h11,15-18,22,24-25H,3-10,12H2,1-2H3/t15-,16+,17+,18+,19-,20+,21+/m0/s1. The zero-order chi connectivity index (χ0) is 18.0. The van der Waals surface area contributed by atoms with Crippen LogP contribution in [0.2, 0.25) is 0 Å². The van der Waals surface area contributed by atoms with Crippen molar-refractivity contribution in [3.8, 4) is 0 Å². The van der Waals surface area contributed by atoms with E-state index >= 15 is 0 Å². The maximum Gasteiger partial charge on any atom is 0.155 e. The third-order valence-corrected chi connectivity index (χ3v) is 8.90. The van der Waals surface area contributed by atoms with Gasteiger partial charge in [0.25, 0.3) is 0 Å². The quantitative estimate of drug-likeness (QED) is 0.717. The van der Waals surface area contributed by atoms with E-state index in [2.05, 4.69) is 13.8 Å². The third-order valence-electron chi connectivity index (χ3n) is 8.90. The Hall–Kier alpha value is -0.710. The summed E-state index contributed by atoms with van der Waals surface area (Å²) in [5.74, 6) is 1.81. The molecule has 0 aliphatic heterocycles. The summed E-state index contributed by atoms with van der Waals surface area (Å²) in [6.45, 7) is 4.12. The first-order valence-electron chi connectivity index (χ1n) is 10.0. The van der Waals surface area contributed by atoms with Crippen LogP contribution in [-0.4, -0.2) is 39.4 Å². The molecule has 0 unspecified atom stereocenters. The molecule has 3 fully saturated rings. The molecule has 0 spiro atoms. The molecule has 4 aliphatic rings. The van der Waals surface area contributed by atoms with E-state index in [9.17, 15) is 20.1 Å². The molecular weight excluding hydrogens is 316 g/mol. The predicted molar refractivity (Wildman–Crippen MR) is 94.8 cm³/mol. The lowest BCUT2D eigenvalue weighted by Gasteiger charge is -2.59. The molecule has 0 aromatic rings. The highest BCUT2D eigenvalue weighted by atomic mass is 16.4. The first kappa shape index (κ1) is 17.7. The van der Waals surface area contributed by atoms with Crippen molar-refractivity contribution in [2.45, 2.75) is 76.9 Å². The fourth-order valence-corrected chi connectivity index (χ4v) is 7.31. The molecule has 7 atom stereocenters. The van der Waals surface area contributed by atoms with Gasteiger partial charge < -0.3 is 15.3 Å². The predicted octanol–water partition coefficient (Wildman–Crippen LogP) is 2.60. The summed E-state index contributed by atoms with van der Waals surface area (Å²) in [7, 11) is 0. The molecule has 0 aromatic heterocycles. The highest BCUT2D eigenvalue weighted by Gasteiger charge is 2.65. The summed E-state index contributed by atoms with van der Waals surface area (Å²) in [5.41, 5.74) is 0.00120. The van der Waals surface area contributed by atoms with Gasteiger partial charge in [-0.15, -0.1) is 0 Å². The summed E-state index contributed by atoms with van der Waals surface area (Å²) in [6, 6.07) is 0. The van der Waals surface area contributed by atoms with Crippen LogP contribution in [0.25, 0.3) is 0 Å². The molecule has 140 valence electrons. The molecule has 3 N–H and O–H groups in total. The third kappa shape index (κ3) is 2.20. The van der Waals surface area contributed by atoms with Gasteiger partial charge in [0, 0.05) is 11.8 Å². The van der Waals surface area contributed by atoms with Crippen LogP contribution in [0.4, 0.5) is 0 Å². The summed E-state index contributed by atoms with van der Waals surface area (Å²) in [5, 5.41) is 31.1. The first-order valence-corrected chi connectivity index (χ1v) is 10.0. The topological polar surface area (TPSA) is 77.8 Å². The monoisotopic (exact) mass is 348 g/mol. The van der Waals surface area contributed by atoms with E-state index in [0.717, 1.165) is 38.5 Å². The van der Waals surface area contributed by atoms with Crippen molar-refractivity contribution in [2.75, 3.05) is 6.61 Å². The minimum atomic E-state index is -1.17. The normalized spacial score (nSPS) is 50.5. The molecule has 4 heteroatoms. The van der Waals surface area contributed by atoms with Gasteiger partial charge in [-0.3, -0.25) is 4.79 Å². The zero-order valence-corrected chi connectivity index (χ0v) is 15.5. The number of hydrogen-bond acceptors (Lipinski definition) is 4.